The number of nitrogens with two attached hydrogens (primary N) is 1. The highest BCUT2D eigenvalue weighted by Crippen LogP contribution is 2.32. The maximum absolute atomic E-state index is 12.5. The maximum atomic E-state index is 12.5. The first-order valence-corrected chi connectivity index (χ1v) is 8.65. The summed E-state index contributed by atoms with van der Waals surface area (Å²) in [7, 11) is 0. The van der Waals surface area contributed by atoms with Crippen LogP contribution < -0.4 is 16.0 Å². The fourth-order valence-corrected chi connectivity index (χ4v) is 3.13. The molecule has 2 aromatic rings. The molecule has 0 unspecified atom stereocenters. The number of nitro benzene ring substituents is 1. The van der Waals surface area contributed by atoms with E-state index in [1.165, 1.54) is 6.07 Å². The molecule has 1 amide bonds. The van der Waals surface area contributed by atoms with Crippen molar-refractivity contribution < 1.29 is 9.72 Å². The number of anilines is 3. The number of carbonyl (C=O) groups excluding carboxylic acids is 1. The monoisotopic (exact) mass is 390 g/mol. The summed E-state index contributed by atoms with van der Waals surface area (Å²) in [6.07, 6.45) is 2.01. The van der Waals surface area contributed by atoms with Gasteiger partial charge in [-0.25, -0.2) is 0 Å². The lowest BCUT2D eigenvalue weighted by Gasteiger charge is -2.31. The molecule has 1 aliphatic heterocycles. The fourth-order valence-electron chi connectivity index (χ4n) is 3.13. The van der Waals surface area contributed by atoms with E-state index >= 15 is 0 Å². The molecular formula is C19H23ClN4O3. The van der Waals surface area contributed by atoms with Crippen LogP contribution in [0.2, 0.25) is 0 Å². The van der Waals surface area contributed by atoms with Gasteiger partial charge in [0.25, 0.3) is 11.6 Å². The van der Waals surface area contributed by atoms with Gasteiger partial charge >= 0.3 is 0 Å². The average molecular weight is 391 g/mol. The van der Waals surface area contributed by atoms with Gasteiger partial charge in [0.15, 0.2) is 0 Å². The molecule has 3 N–H and O–H groups in total. The minimum absolute atomic E-state index is 0. The van der Waals surface area contributed by atoms with E-state index in [9.17, 15) is 14.9 Å². The zero-order valence-electron chi connectivity index (χ0n) is 15.1. The summed E-state index contributed by atoms with van der Waals surface area (Å²) in [6, 6.07) is 11.5. The van der Waals surface area contributed by atoms with Gasteiger partial charge < -0.3 is 16.0 Å². The number of nitrogen functional groups attached to an aromatic ring is 1. The highest BCUT2D eigenvalue weighted by molar-refractivity contribution is 6.06. The number of hydrogen-bond acceptors (Lipinski definition) is 5. The Morgan fingerprint density at radius 2 is 1.89 bits per heavy atom. The van der Waals surface area contributed by atoms with Gasteiger partial charge in [0, 0.05) is 24.7 Å². The summed E-state index contributed by atoms with van der Waals surface area (Å²) in [4.78, 5) is 25.6. The van der Waals surface area contributed by atoms with Gasteiger partial charge in [-0.05, 0) is 43.0 Å². The van der Waals surface area contributed by atoms with E-state index in [-0.39, 0.29) is 23.7 Å². The Balaban J connectivity index is 0.00000261. The lowest BCUT2D eigenvalue weighted by atomic mass is 9.98. The molecular weight excluding hydrogens is 368 g/mol. The van der Waals surface area contributed by atoms with E-state index in [2.05, 4.69) is 12.2 Å². The first-order chi connectivity index (χ1) is 12.5. The molecule has 8 heteroatoms. The van der Waals surface area contributed by atoms with Crippen molar-refractivity contribution in [3.8, 4) is 0 Å². The normalized spacial score (nSPS) is 14.3. The Morgan fingerprint density at radius 3 is 2.52 bits per heavy atom. The zero-order chi connectivity index (χ0) is 18.7. The van der Waals surface area contributed by atoms with E-state index in [1.807, 2.05) is 4.90 Å². The molecule has 0 spiro atoms. The van der Waals surface area contributed by atoms with E-state index < -0.39 is 10.8 Å². The molecule has 1 heterocycles. The first-order valence-electron chi connectivity index (χ1n) is 8.65. The van der Waals surface area contributed by atoms with E-state index in [0.717, 1.165) is 25.9 Å². The zero-order valence-corrected chi connectivity index (χ0v) is 15.9. The summed E-state index contributed by atoms with van der Waals surface area (Å²) in [6.45, 7) is 3.76. The smallest absolute Gasteiger partial charge is 0.293 e. The van der Waals surface area contributed by atoms with Gasteiger partial charge in [-0.1, -0.05) is 19.1 Å². The average Bonchev–Trinajstić information content (AvgIpc) is 2.63. The predicted molar refractivity (Wildman–Crippen MR) is 110 cm³/mol. The largest absolute Gasteiger partial charge is 0.397 e. The number of hydrogen-bond donors (Lipinski definition) is 2. The van der Waals surface area contributed by atoms with Crippen molar-refractivity contribution in [1.82, 2.24) is 0 Å². The third kappa shape index (κ3) is 4.68. The summed E-state index contributed by atoms with van der Waals surface area (Å²) in [5, 5.41) is 14.2. The minimum atomic E-state index is -0.430. The van der Waals surface area contributed by atoms with Crippen LogP contribution in [0, 0.1) is 16.0 Å². The third-order valence-corrected chi connectivity index (χ3v) is 4.77. The van der Waals surface area contributed by atoms with Crippen LogP contribution in [0.3, 0.4) is 0 Å². The fraction of sp³-hybridized carbons (Fsp3) is 0.316. The maximum Gasteiger partial charge on any atom is 0.293 e. The number of piperidine rings is 1. The third-order valence-electron chi connectivity index (χ3n) is 4.77. The van der Waals surface area contributed by atoms with Crippen molar-refractivity contribution in [3.05, 3.63) is 58.1 Å². The standard InChI is InChI=1S/C19H22N4O3.ClH/c1-13-8-10-22(11-9-13)17-7-6-14(12-18(17)23(25)26)19(24)21-16-5-3-2-4-15(16)20;/h2-7,12-13H,8-11,20H2,1H3,(H,21,24);1H. The number of nitro groups is 1. The highest BCUT2D eigenvalue weighted by atomic mass is 35.5. The van der Waals surface area contributed by atoms with Crippen LogP contribution in [-0.4, -0.2) is 23.9 Å². The second kappa shape index (κ2) is 8.73. The summed E-state index contributed by atoms with van der Waals surface area (Å²) < 4.78 is 0. The number of nitrogens with zero attached hydrogens (tertiary/aromatic N) is 2. The van der Waals surface area contributed by atoms with Gasteiger partial charge in [-0.2, -0.15) is 0 Å². The van der Waals surface area contributed by atoms with Gasteiger partial charge in [-0.15, -0.1) is 12.4 Å². The molecule has 2 aromatic carbocycles. The van der Waals surface area contributed by atoms with Crippen molar-refractivity contribution in [2.45, 2.75) is 19.8 Å². The van der Waals surface area contributed by atoms with Crippen LogP contribution in [0.15, 0.2) is 42.5 Å². The second-order valence-corrected chi connectivity index (χ2v) is 6.67. The molecule has 1 saturated heterocycles. The van der Waals surface area contributed by atoms with Crippen molar-refractivity contribution in [3.63, 3.8) is 0 Å². The van der Waals surface area contributed by atoms with E-state index in [0.29, 0.717) is 23.0 Å². The molecule has 7 nitrogen and oxygen atoms in total. The first kappa shape index (κ1) is 20.5. The number of nitrogens with one attached hydrogen (secondary N) is 1. The van der Waals surface area contributed by atoms with Gasteiger partial charge in [0.05, 0.1) is 16.3 Å². The molecule has 27 heavy (non-hydrogen) atoms. The van der Waals surface area contributed by atoms with Gasteiger partial charge in [-0.3, -0.25) is 14.9 Å². The van der Waals surface area contributed by atoms with Crippen LogP contribution >= 0.6 is 12.4 Å². The Bertz CT molecular complexity index is 835. The molecule has 0 saturated carbocycles. The molecule has 0 radical (unpaired) electrons. The molecule has 1 fully saturated rings. The van der Waals surface area contributed by atoms with Gasteiger partial charge in [0.1, 0.15) is 5.69 Å². The van der Waals surface area contributed by atoms with Crippen LogP contribution in [0.5, 0.6) is 0 Å². The van der Waals surface area contributed by atoms with E-state index in [4.69, 9.17) is 5.73 Å². The molecule has 1 aliphatic rings. The SMILES string of the molecule is CC1CCN(c2ccc(C(=O)Nc3ccccc3N)cc2[N+](=O)[O-])CC1.Cl. The van der Waals surface area contributed by atoms with Crippen molar-refractivity contribution in [2.75, 3.05) is 29.0 Å². The van der Waals surface area contributed by atoms with Crippen molar-refractivity contribution in [2.24, 2.45) is 5.92 Å². The molecule has 0 aromatic heterocycles. The number of para-hydroxylation sites is 2. The minimum Gasteiger partial charge on any atom is -0.397 e. The highest BCUT2D eigenvalue weighted by Gasteiger charge is 2.24. The van der Waals surface area contributed by atoms with E-state index in [1.54, 1.807) is 36.4 Å². The Morgan fingerprint density at radius 1 is 1.22 bits per heavy atom. The predicted octanol–water partition coefficient (Wildman–Crippen LogP) is 4.09. The number of benzene rings is 2. The lowest BCUT2D eigenvalue weighted by Crippen LogP contribution is -2.33. The van der Waals surface area contributed by atoms with Crippen LogP contribution in [0.25, 0.3) is 0 Å². The molecule has 0 atom stereocenters. The van der Waals surface area contributed by atoms with Gasteiger partial charge in [0.2, 0.25) is 0 Å². The number of amides is 1. The molecule has 0 bridgehead atoms. The quantitative estimate of drug-likeness (QED) is 0.465. The Hall–Kier alpha value is -2.80. The van der Waals surface area contributed by atoms with Crippen molar-refractivity contribution in [1.29, 1.82) is 0 Å². The summed E-state index contributed by atoms with van der Waals surface area (Å²) >= 11 is 0. The summed E-state index contributed by atoms with van der Waals surface area (Å²) in [5.41, 5.74) is 7.50. The number of halogens is 1. The van der Waals surface area contributed by atoms with Crippen LogP contribution in [-0.2, 0) is 0 Å². The number of carbonyl (C=O) groups is 1. The number of rotatable bonds is 4. The Labute approximate surface area is 164 Å². The molecule has 144 valence electrons. The topological polar surface area (TPSA) is 102 Å². The summed E-state index contributed by atoms with van der Waals surface area (Å²) in [5.74, 6) is 0.205. The van der Waals surface area contributed by atoms with Crippen LogP contribution in [0.1, 0.15) is 30.1 Å². The molecule has 0 aliphatic carbocycles. The van der Waals surface area contributed by atoms with Crippen molar-refractivity contribution >= 4 is 41.1 Å². The second-order valence-electron chi connectivity index (χ2n) is 6.67. The molecule has 3 rings (SSSR count). The Kier molecular flexibility index (Phi) is 6.63. The lowest BCUT2D eigenvalue weighted by molar-refractivity contribution is -0.384. The van der Waals surface area contributed by atoms with Crippen LogP contribution in [0.4, 0.5) is 22.7 Å².